The summed E-state index contributed by atoms with van der Waals surface area (Å²) in [5.41, 5.74) is 4.21. The quantitative estimate of drug-likeness (QED) is 0.861. The van der Waals surface area contributed by atoms with Gasteiger partial charge in [0.25, 0.3) is 0 Å². The minimum absolute atomic E-state index is 0.456. The molecule has 0 heterocycles. The number of rotatable bonds is 4. The van der Waals surface area contributed by atoms with Crippen LogP contribution in [0.2, 0.25) is 0 Å². The van der Waals surface area contributed by atoms with Crippen molar-refractivity contribution in [2.24, 2.45) is 0 Å². The molecule has 0 aromatic heterocycles. The summed E-state index contributed by atoms with van der Waals surface area (Å²) in [4.78, 5) is 0. The zero-order valence-electron chi connectivity index (χ0n) is 12.7. The maximum absolute atomic E-state index is 3.86. The minimum Gasteiger partial charge on any atom is -0.306 e. The van der Waals surface area contributed by atoms with Gasteiger partial charge in [0.2, 0.25) is 0 Å². The standard InChI is InChI=1S/C17H27NS/c1-12-9-10-15(11-13(12)2)14(3)18-16-7-5-6-8-17(16)19-4/h9-11,14,16-18H,5-8H2,1-4H3. The molecular weight excluding hydrogens is 250 g/mol. The van der Waals surface area contributed by atoms with Crippen molar-refractivity contribution in [1.82, 2.24) is 5.32 Å². The normalized spacial score (nSPS) is 25.3. The zero-order valence-corrected chi connectivity index (χ0v) is 13.5. The van der Waals surface area contributed by atoms with Gasteiger partial charge in [0.15, 0.2) is 0 Å². The van der Waals surface area contributed by atoms with E-state index in [4.69, 9.17) is 0 Å². The summed E-state index contributed by atoms with van der Waals surface area (Å²) < 4.78 is 0. The van der Waals surface area contributed by atoms with E-state index in [9.17, 15) is 0 Å². The second kappa shape index (κ2) is 6.81. The molecule has 0 spiro atoms. The van der Waals surface area contributed by atoms with Crippen LogP contribution in [0.4, 0.5) is 0 Å². The van der Waals surface area contributed by atoms with Crippen molar-refractivity contribution in [3.63, 3.8) is 0 Å². The first-order valence-corrected chi connectivity index (χ1v) is 8.76. The Morgan fingerprint density at radius 3 is 2.58 bits per heavy atom. The Bertz CT molecular complexity index is 416. The van der Waals surface area contributed by atoms with Gasteiger partial charge in [0.1, 0.15) is 0 Å². The third kappa shape index (κ3) is 3.76. The molecule has 0 amide bonds. The van der Waals surface area contributed by atoms with E-state index in [0.29, 0.717) is 12.1 Å². The highest BCUT2D eigenvalue weighted by Crippen LogP contribution is 2.29. The van der Waals surface area contributed by atoms with Gasteiger partial charge in [-0.2, -0.15) is 11.8 Å². The highest BCUT2D eigenvalue weighted by Gasteiger charge is 2.25. The molecule has 1 nitrogen and oxygen atoms in total. The second-order valence-corrected chi connectivity index (χ2v) is 6.97. The average molecular weight is 277 g/mol. The van der Waals surface area contributed by atoms with Crippen LogP contribution in [0.3, 0.4) is 0 Å². The molecule has 1 aliphatic carbocycles. The molecule has 106 valence electrons. The molecule has 2 heteroatoms. The molecule has 3 unspecified atom stereocenters. The molecule has 1 N–H and O–H groups in total. The summed E-state index contributed by atoms with van der Waals surface area (Å²) in [6, 6.07) is 7.99. The summed E-state index contributed by atoms with van der Waals surface area (Å²) in [5.74, 6) is 0. The van der Waals surface area contributed by atoms with E-state index in [1.54, 1.807) is 0 Å². The molecule has 0 aliphatic heterocycles. The molecule has 1 aliphatic rings. The summed E-state index contributed by atoms with van der Waals surface area (Å²) in [5, 5.41) is 4.66. The summed E-state index contributed by atoms with van der Waals surface area (Å²) >= 11 is 2.03. The van der Waals surface area contributed by atoms with Crippen LogP contribution in [0.5, 0.6) is 0 Å². The van der Waals surface area contributed by atoms with E-state index in [0.717, 1.165) is 5.25 Å². The summed E-state index contributed by atoms with van der Waals surface area (Å²) in [6.07, 6.45) is 7.75. The van der Waals surface area contributed by atoms with Crippen molar-refractivity contribution < 1.29 is 0 Å². The highest BCUT2D eigenvalue weighted by molar-refractivity contribution is 7.99. The van der Waals surface area contributed by atoms with Gasteiger partial charge in [-0.25, -0.2) is 0 Å². The lowest BCUT2D eigenvalue weighted by Crippen LogP contribution is -2.41. The molecule has 2 rings (SSSR count). The van der Waals surface area contributed by atoms with Gasteiger partial charge in [0, 0.05) is 17.3 Å². The van der Waals surface area contributed by atoms with Crippen molar-refractivity contribution in [1.29, 1.82) is 0 Å². The molecule has 1 aromatic carbocycles. The predicted octanol–water partition coefficient (Wildman–Crippen LogP) is 4.63. The first kappa shape index (κ1) is 14.9. The first-order chi connectivity index (χ1) is 9.11. The fourth-order valence-corrected chi connectivity index (χ4v) is 3.97. The predicted molar refractivity (Wildman–Crippen MR) is 87.0 cm³/mol. The van der Waals surface area contributed by atoms with Crippen molar-refractivity contribution >= 4 is 11.8 Å². The summed E-state index contributed by atoms with van der Waals surface area (Å²) in [7, 11) is 0. The van der Waals surface area contributed by atoms with Crippen LogP contribution in [-0.2, 0) is 0 Å². The molecule has 0 radical (unpaired) electrons. The van der Waals surface area contributed by atoms with Crippen molar-refractivity contribution in [3.8, 4) is 0 Å². The smallest absolute Gasteiger partial charge is 0.0294 e. The van der Waals surface area contributed by atoms with E-state index in [1.165, 1.54) is 42.4 Å². The Morgan fingerprint density at radius 1 is 1.16 bits per heavy atom. The van der Waals surface area contributed by atoms with E-state index >= 15 is 0 Å². The number of thioether (sulfide) groups is 1. The Kier molecular flexibility index (Phi) is 5.35. The third-order valence-electron chi connectivity index (χ3n) is 4.50. The lowest BCUT2D eigenvalue weighted by molar-refractivity contribution is 0.356. The fraction of sp³-hybridized carbons (Fsp3) is 0.647. The van der Waals surface area contributed by atoms with Gasteiger partial charge in [0.05, 0.1) is 0 Å². The van der Waals surface area contributed by atoms with Crippen molar-refractivity contribution in [3.05, 3.63) is 34.9 Å². The Morgan fingerprint density at radius 2 is 1.89 bits per heavy atom. The molecular formula is C17H27NS. The Labute approximate surface area is 122 Å². The van der Waals surface area contributed by atoms with Gasteiger partial charge in [-0.15, -0.1) is 0 Å². The van der Waals surface area contributed by atoms with Crippen LogP contribution in [0.15, 0.2) is 18.2 Å². The molecule has 0 saturated heterocycles. The van der Waals surface area contributed by atoms with E-state index in [-0.39, 0.29) is 0 Å². The number of nitrogens with one attached hydrogen (secondary N) is 1. The molecule has 1 fully saturated rings. The molecule has 1 saturated carbocycles. The SMILES string of the molecule is CSC1CCCCC1NC(C)c1ccc(C)c(C)c1. The van der Waals surface area contributed by atoms with Crippen LogP contribution < -0.4 is 5.32 Å². The maximum Gasteiger partial charge on any atom is 0.0294 e. The van der Waals surface area contributed by atoms with Crippen LogP contribution in [-0.4, -0.2) is 17.5 Å². The topological polar surface area (TPSA) is 12.0 Å². The Hall–Kier alpha value is -0.470. The van der Waals surface area contributed by atoms with E-state index < -0.39 is 0 Å². The van der Waals surface area contributed by atoms with E-state index in [2.05, 4.69) is 50.5 Å². The Balaban J connectivity index is 2.02. The van der Waals surface area contributed by atoms with Gasteiger partial charge >= 0.3 is 0 Å². The minimum atomic E-state index is 0.456. The van der Waals surface area contributed by atoms with Crippen molar-refractivity contribution in [2.75, 3.05) is 6.26 Å². The van der Waals surface area contributed by atoms with Crippen LogP contribution in [0, 0.1) is 13.8 Å². The van der Waals surface area contributed by atoms with Crippen LogP contribution in [0.25, 0.3) is 0 Å². The highest BCUT2D eigenvalue weighted by atomic mass is 32.2. The van der Waals surface area contributed by atoms with Gasteiger partial charge in [-0.3, -0.25) is 0 Å². The molecule has 1 aromatic rings. The van der Waals surface area contributed by atoms with Crippen LogP contribution >= 0.6 is 11.8 Å². The zero-order chi connectivity index (χ0) is 13.8. The maximum atomic E-state index is 3.86. The fourth-order valence-electron chi connectivity index (χ4n) is 3.02. The van der Waals surface area contributed by atoms with Crippen molar-refractivity contribution in [2.45, 2.75) is 63.8 Å². The number of hydrogen-bond donors (Lipinski definition) is 1. The summed E-state index contributed by atoms with van der Waals surface area (Å²) in [6.45, 7) is 6.69. The molecule has 19 heavy (non-hydrogen) atoms. The average Bonchev–Trinajstić information content (AvgIpc) is 2.42. The lowest BCUT2D eigenvalue weighted by atomic mass is 9.93. The number of benzene rings is 1. The number of hydrogen-bond acceptors (Lipinski definition) is 2. The lowest BCUT2D eigenvalue weighted by Gasteiger charge is -2.33. The van der Waals surface area contributed by atoms with Crippen LogP contribution in [0.1, 0.15) is 55.3 Å². The van der Waals surface area contributed by atoms with E-state index in [1.807, 2.05) is 11.8 Å². The van der Waals surface area contributed by atoms with Gasteiger partial charge < -0.3 is 5.32 Å². The first-order valence-electron chi connectivity index (χ1n) is 7.48. The van der Waals surface area contributed by atoms with Gasteiger partial charge in [-0.1, -0.05) is 31.0 Å². The second-order valence-electron chi connectivity index (χ2n) is 5.90. The largest absolute Gasteiger partial charge is 0.306 e. The monoisotopic (exact) mass is 277 g/mol. The molecule has 3 atom stereocenters. The molecule has 0 bridgehead atoms. The third-order valence-corrected chi connectivity index (χ3v) is 5.67. The number of aryl methyl sites for hydroxylation is 2. The van der Waals surface area contributed by atoms with Gasteiger partial charge in [-0.05, 0) is 56.6 Å².